The van der Waals surface area contributed by atoms with Gasteiger partial charge in [-0.15, -0.1) is 0 Å². The van der Waals surface area contributed by atoms with E-state index in [4.69, 9.17) is 0 Å². The number of benzene rings is 1. The summed E-state index contributed by atoms with van der Waals surface area (Å²) >= 11 is 0. The van der Waals surface area contributed by atoms with E-state index in [2.05, 4.69) is 10.4 Å². The van der Waals surface area contributed by atoms with Gasteiger partial charge in [0.15, 0.2) is 0 Å². The molecule has 4 amide bonds. The first-order valence-corrected chi connectivity index (χ1v) is 9.28. The van der Waals surface area contributed by atoms with Crippen molar-refractivity contribution in [2.45, 2.75) is 38.8 Å². The minimum atomic E-state index is -0.906. The van der Waals surface area contributed by atoms with Crippen LogP contribution in [-0.4, -0.2) is 46.1 Å². The summed E-state index contributed by atoms with van der Waals surface area (Å²) in [6, 6.07) is 7.76. The van der Waals surface area contributed by atoms with Crippen molar-refractivity contribution in [2.24, 2.45) is 7.05 Å². The summed E-state index contributed by atoms with van der Waals surface area (Å²) in [5.41, 5.74) is 1.53. The molecule has 2 atom stereocenters. The van der Waals surface area contributed by atoms with E-state index >= 15 is 0 Å². The van der Waals surface area contributed by atoms with E-state index in [9.17, 15) is 14.4 Å². The molecule has 1 aromatic carbocycles. The van der Waals surface area contributed by atoms with Gasteiger partial charge >= 0.3 is 6.03 Å². The number of amides is 4. The highest BCUT2D eigenvalue weighted by Gasteiger charge is 2.32. The Morgan fingerprint density at radius 1 is 1.21 bits per heavy atom. The number of anilines is 1. The molecule has 2 unspecified atom stereocenters. The van der Waals surface area contributed by atoms with Crippen molar-refractivity contribution in [3.05, 3.63) is 48.3 Å². The Labute approximate surface area is 165 Å². The summed E-state index contributed by atoms with van der Waals surface area (Å²) in [5.74, 6) is -0.356. The number of hydrogen-bond acceptors (Lipinski definition) is 4. The number of rotatable bonds is 8. The molecule has 0 saturated carbocycles. The fourth-order valence-electron chi connectivity index (χ4n) is 3.02. The Morgan fingerprint density at radius 3 is 2.39 bits per heavy atom. The van der Waals surface area contributed by atoms with Gasteiger partial charge < -0.3 is 10.2 Å². The Hall–Kier alpha value is -3.16. The van der Waals surface area contributed by atoms with Crippen molar-refractivity contribution in [3.63, 3.8) is 0 Å². The first-order valence-electron chi connectivity index (χ1n) is 9.28. The molecule has 8 nitrogen and oxygen atoms in total. The number of carbonyl (C=O) groups is 3. The van der Waals surface area contributed by atoms with Crippen molar-refractivity contribution in [3.8, 4) is 0 Å². The predicted molar refractivity (Wildman–Crippen MR) is 107 cm³/mol. The van der Waals surface area contributed by atoms with E-state index in [1.807, 2.05) is 37.3 Å². The molecule has 0 saturated heterocycles. The molecule has 150 valence electrons. The molecule has 1 N–H and O–H groups in total. The quantitative estimate of drug-likeness (QED) is 0.707. The molecule has 0 spiro atoms. The number of hydrogen-bond donors (Lipinski definition) is 1. The lowest BCUT2D eigenvalue weighted by Gasteiger charge is -2.30. The Balaban J connectivity index is 2.16. The SMILES string of the molecule is CCC(NC(=O)N(C=O)C(CC)C(=O)N(C)c1cnn(C)c1)c1ccccc1. The molecule has 2 aromatic rings. The summed E-state index contributed by atoms with van der Waals surface area (Å²) in [4.78, 5) is 39.7. The van der Waals surface area contributed by atoms with Gasteiger partial charge in [-0.2, -0.15) is 5.10 Å². The first kappa shape index (κ1) is 21.1. The van der Waals surface area contributed by atoms with Gasteiger partial charge in [-0.05, 0) is 18.4 Å². The van der Waals surface area contributed by atoms with Crippen molar-refractivity contribution < 1.29 is 14.4 Å². The normalized spacial score (nSPS) is 12.7. The lowest BCUT2D eigenvalue weighted by Crippen LogP contribution is -2.52. The standard InChI is InChI=1S/C20H27N5O3/c1-5-17(15-10-8-7-9-11-15)22-20(28)25(14-26)18(6-2)19(27)24(4)16-12-21-23(3)13-16/h7-14,17-18H,5-6H2,1-4H3,(H,22,28). The molecule has 0 aliphatic carbocycles. The van der Waals surface area contributed by atoms with Crippen LogP contribution in [0.25, 0.3) is 0 Å². The summed E-state index contributed by atoms with van der Waals surface area (Å²) in [5, 5.41) is 6.90. The number of aromatic nitrogens is 2. The molecule has 0 radical (unpaired) electrons. The first-order chi connectivity index (χ1) is 13.4. The molecule has 1 heterocycles. The Kier molecular flexibility index (Phi) is 7.31. The zero-order valence-electron chi connectivity index (χ0n) is 16.7. The van der Waals surface area contributed by atoms with Crippen LogP contribution >= 0.6 is 0 Å². The number of nitrogens with zero attached hydrogens (tertiary/aromatic N) is 4. The van der Waals surface area contributed by atoms with Crippen LogP contribution in [0, 0.1) is 0 Å². The Morgan fingerprint density at radius 2 is 1.89 bits per heavy atom. The number of aryl methyl sites for hydroxylation is 1. The average Bonchev–Trinajstić information content (AvgIpc) is 3.15. The Bertz CT molecular complexity index is 805. The predicted octanol–water partition coefficient (Wildman–Crippen LogP) is 2.48. The second-order valence-electron chi connectivity index (χ2n) is 6.53. The molecule has 1 aromatic heterocycles. The van der Waals surface area contributed by atoms with Gasteiger partial charge in [-0.25, -0.2) is 4.79 Å². The smallest absolute Gasteiger partial charge is 0.325 e. The molecular weight excluding hydrogens is 358 g/mol. The highest BCUT2D eigenvalue weighted by Crippen LogP contribution is 2.18. The largest absolute Gasteiger partial charge is 0.331 e. The maximum absolute atomic E-state index is 12.9. The third-order valence-corrected chi connectivity index (χ3v) is 4.67. The monoisotopic (exact) mass is 385 g/mol. The fraction of sp³-hybridized carbons (Fsp3) is 0.400. The van der Waals surface area contributed by atoms with Gasteiger partial charge in [-0.3, -0.25) is 19.2 Å². The summed E-state index contributed by atoms with van der Waals surface area (Å²) in [6.45, 7) is 3.71. The highest BCUT2D eigenvalue weighted by molar-refractivity contribution is 6.01. The zero-order chi connectivity index (χ0) is 20.7. The van der Waals surface area contributed by atoms with Crippen LogP contribution in [0.5, 0.6) is 0 Å². The van der Waals surface area contributed by atoms with Crippen LogP contribution in [0.3, 0.4) is 0 Å². The van der Waals surface area contributed by atoms with Gasteiger partial charge in [0.25, 0.3) is 0 Å². The van der Waals surface area contributed by atoms with Crippen LogP contribution in [0.4, 0.5) is 10.5 Å². The molecule has 0 aliphatic heterocycles. The minimum Gasteiger partial charge on any atom is -0.331 e. The molecule has 0 aliphatic rings. The molecule has 8 heteroatoms. The van der Waals surface area contributed by atoms with E-state index in [1.54, 1.807) is 38.1 Å². The van der Waals surface area contributed by atoms with Crippen molar-refractivity contribution in [2.75, 3.05) is 11.9 Å². The topological polar surface area (TPSA) is 87.5 Å². The zero-order valence-corrected chi connectivity index (χ0v) is 16.7. The number of imide groups is 1. The van der Waals surface area contributed by atoms with Crippen LogP contribution in [-0.2, 0) is 16.6 Å². The third-order valence-electron chi connectivity index (χ3n) is 4.67. The van der Waals surface area contributed by atoms with Crippen molar-refractivity contribution in [1.82, 2.24) is 20.0 Å². The minimum absolute atomic E-state index is 0.250. The maximum atomic E-state index is 12.9. The average molecular weight is 385 g/mol. The van der Waals surface area contributed by atoms with Gasteiger partial charge in [0.1, 0.15) is 6.04 Å². The van der Waals surface area contributed by atoms with Crippen molar-refractivity contribution >= 4 is 24.0 Å². The van der Waals surface area contributed by atoms with E-state index < -0.39 is 12.1 Å². The van der Waals surface area contributed by atoms with E-state index in [-0.39, 0.29) is 11.9 Å². The third kappa shape index (κ3) is 4.76. The lowest BCUT2D eigenvalue weighted by molar-refractivity contribution is -0.128. The molecule has 0 bridgehead atoms. The fourth-order valence-corrected chi connectivity index (χ4v) is 3.02. The van der Waals surface area contributed by atoms with Crippen LogP contribution in [0.1, 0.15) is 38.3 Å². The van der Waals surface area contributed by atoms with Crippen LogP contribution in [0.2, 0.25) is 0 Å². The number of carbonyl (C=O) groups excluding carboxylic acids is 3. The summed E-state index contributed by atoms with van der Waals surface area (Å²) in [7, 11) is 3.35. The number of nitrogens with one attached hydrogen (secondary N) is 1. The molecular formula is C20H27N5O3. The highest BCUT2D eigenvalue weighted by atomic mass is 16.2. The second-order valence-corrected chi connectivity index (χ2v) is 6.53. The van der Waals surface area contributed by atoms with Gasteiger partial charge in [0.2, 0.25) is 12.3 Å². The molecule has 2 rings (SSSR count). The van der Waals surface area contributed by atoms with E-state index in [0.717, 1.165) is 10.5 Å². The summed E-state index contributed by atoms with van der Waals surface area (Å²) < 4.78 is 1.58. The van der Waals surface area contributed by atoms with Crippen LogP contribution < -0.4 is 10.2 Å². The molecule has 0 fully saturated rings. The number of likely N-dealkylation sites (N-methyl/N-ethyl adjacent to an activating group) is 1. The lowest BCUT2D eigenvalue weighted by atomic mass is 10.0. The van der Waals surface area contributed by atoms with Gasteiger partial charge in [0.05, 0.1) is 17.9 Å². The van der Waals surface area contributed by atoms with Crippen molar-refractivity contribution in [1.29, 1.82) is 0 Å². The van der Waals surface area contributed by atoms with Gasteiger partial charge in [0, 0.05) is 20.3 Å². The van der Waals surface area contributed by atoms with Gasteiger partial charge in [-0.1, -0.05) is 44.2 Å². The van der Waals surface area contributed by atoms with E-state index in [1.165, 1.54) is 4.90 Å². The molecule has 28 heavy (non-hydrogen) atoms. The summed E-state index contributed by atoms with van der Waals surface area (Å²) in [6.07, 6.45) is 4.62. The maximum Gasteiger partial charge on any atom is 0.325 e. The van der Waals surface area contributed by atoms with E-state index in [0.29, 0.717) is 24.9 Å². The second kappa shape index (κ2) is 9.68. The number of urea groups is 1. The van der Waals surface area contributed by atoms with Crippen LogP contribution in [0.15, 0.2) is 42.7 Å².